The Morgan fingerprint density at radius 3 is 2.61 bits per heavy atom. The summed E-state index contributed by atoms with van der Waals surface area (Å²) in [6.07, 6.45) is 0. The maximum Gasteiger partial charge on any atom is 0.336 e. The van der Waals surface area contributed by atoms with E-state index >= 15 is 0 Å². The second kappa shape index (κ2) is 5.67. The van der Waals surface area contributed by atoms with Gasteiger partial charge in [-0.15, -0.1) is 0 Å². The minimum atomic E-state index is -1.08. The smallest absolute Gasteiger partial charge is 0.336 e. The predicted molar refractivity (Wildman–Crippen MR) is 61.4 cm³/mol. The van der Waals surface area contributed by atoms with E-state index in [4.69, 9.17) is 15.6 Å². The summed E-state index contributed by atoms with van der Waals surface area (Å²) in [7, 11) is 0. The summed E-state index contributed by atoms with van der Waals surface area (Å²) < 4.78 is 5.11. The van der Waals surface area contributed by atoms with E-state index < -0.39 is 24.5 Å². The molecule has 7 nitrogen and oxygen atoms in total. The molecule has 0 saturated carbocycles. The number of carbonyl (C=O) groups is 3. The summed E-state index contributed by atoms with van der Waals surface area (Å²) in [6, 6.07) is 3.48. The third-order valence-corrected chi connectivity index (χ3v) is 2.14. The highest BCUT2D eigenvalue weighted by Crippen LogP contribution is 2.21. The highest BCUT2D eigenvalue weighted by atomic mass is 16.5. The Hall–Kier alpha value is -2.57. The molecule has 0 saturated heterocycles. The van der Waals surface area contributed by atoms with E-state index in [0.717, 1.165) is 0 Å². The largest absolute Gasteiger partial charge is 0.483 e. The first kappa shape index (κ1) is 13.5. The number of carboxylic acid groups (broad SMARTS) is 1. The van der Waals surface area contributed by atoms with Gasteiger partial charge in [0.2, 0.25) is 0 Å². The fourth-order valence-corrected chi connectivity index (χ4v) is 1.32. The molecule has 4 N–H and O–H groups in total. The van der Waals surface area contributed by atoms with Gasteiger partial charge in [0.15, 0.2) is 6.61 Å². The number of amides is 3. The second-order valence-corrected chi connectivity index (χ2v) is 3.43. The molecular formula is C11H12N2O5. The Kier molecular flexibility index (Phi) is 4.25. The molecule has 0 aliphatic carbocycles. The maximum absolute atomic E-state index is 11.1. The van der Waals surface area contributed by atoms with Gasteiger partial charge in [-0.1, -0.05) is 6.07 Å². The maximum atomic E-state index is 11.1. The third kappa shape index (κ3) is 3.48. The lowest BCUT2D eigenvalue weighted by Gasteiger charge is -2.10. The number of nitrogens with two attached hydrogens (primary N) is 1. The number of carboxylic acids is 1. The topological polar surface area (TPSA) is 119 Å². The molecule has 96 valence electrons. The quantitative estimate of drug-likeness (QED) is 0.710. The van der Waals surface area contributed by atoms with Crippen molar-refractivity contribution < 1.29 is 24.2 Å². The molecule has 0 aliphatic heterocycles. The van der Waals surface area contributed by atoms with Gasteiger partial charge in [-0.25, -0.2) is 9.59 Å². The van der Waals surface area contributed by atoms with E-state index in [9.17, 15) is 14.4 Å². The van der Waals surface area contributed by atoms with Crippen LogP contribution in [0, 0.1) is 6.92 Å². The van der Waals surface area contributed by atoms with Crippen molar-refractivity contribution in [2.45, 2.75) is 6.92 Å². The molecule has 0 fully saturated rings. The van der Waals surface area contributed by atoms with Crippen LogP contribution in [-0.4, -0.2) is 29.6 Å². The van der Waals surface area contributed by atoms with Crippen LogP contribution in [0.1, 0.15) is 15.9 Å². The molecular weight excluding hydrogens is 240 g/mol. The first-order valence-corrected chi connectivity index (χ1v) is 4.97. The van der Waals surface area contributed by atoms with Crippen LogP contribution in [0.2, 0.25) is 0 Å². The predicted octanol–water partition coefficient (Wildman–Crippen LogP) is 0.267. The van der Waals surface area contributed by atoms with Crippen LogP contribution in [0.25, 0.3) is 0 Å². The molecule has 0 unspecified atom stereocenters. The molecule has 1 rings (SSSR count). The van der Waals surface area contributed by atoms with Crippen molar-refractivity contribution in [3.8, 4) is 5.75 Å². The van der Waals surface area contributed by atoms with Crippen LogP contribution < -0.4 is 15.8 Å². The lowest BCUT2D eigenvalue weighted by Crippen LogP contribution is -2.38. The van der Waals surface area contributed by atoms with E-state index in [1.807, 2.05) is 5.32 Å². The van der Waals surface area contributed by atoms with Crippen molar-refractivity contribution in [2.75, 3.05) is 6.61 Å². The fraction of sp³-hybridized carbons (Fsp3) is 0.182. The number of hydrogen-bond donors (Lipinski definition) is 3. The van der Waals surface area contributed by atoms with Crippen molar-refractivity contribution in [1.82, 2.24) is 5.32 Å². The molecule has 1 aromatic rings. The summed E-state index contributed by atoms with van der Waals surface area (Å²) in [5.41, 5.74) is 5.24. The molecule has 0 heterocycles. The number of aromatic carboxylic acids is 1. The molecule has 0 bridgehead atoms. The zero-order valence-electron chi connectivity index (χ0n) is 9.60. The average molecular weight is 252 g/mol. The van der Waals surface area contributed by atoms with Crippen molar-refractivity contribution in [2.24, 2.45) is 5.73 Å². The Morgan fingerprint density at radius 1 is 1.39 bits per heavy atom. The zero-order chi connectivity index (χ0) is 13.7. The van der Waals surface area contributed by atoms with Gasteiger partial charge in [0.1, 0.15) is 5.75 Å². The Labute approximate surface area is 103 Å². The van der Waals surface area contributed by atoms with Gasteiger partial charge in [0, 0.05) is 5.56 Å². The Balaban J connectivity index is 2.74. The summed E-state index contributed by atoms with van der Waals surface area (Å²) in [4.78, 5) is 32.4. The molecule has 3 amide bonds. The highest BCUT2D eigenvalue weighted by molar-refractivity contribution is 5.94. The van der Waals surface area contributed by atoms with Crippen LogP contribution >= 0.6 is 0 Å². The zero-order valence-corrected chi connectivity index (χ0v) is 9.60. The third-order valence-electron chi connectivity index (χ3n) is 2.14. The molecule has 0 atom stereocenters. The molecule has 0 spiro atoms. The molecule has 0 aliphatic rings. The lowest BCUT2D eigenvalue weighted by atomic mass is 10.1. The minimum absolute atomic E-state index is 0.0859. The van der Waals surface area contributed by atoms with Crippen molar-refractivity contribution in [3.63, 3.8) is 0 Å². The van der Waals surface area contributed by atoms with Crippen LogP contribution in [0.15, 0.2) is 18.2 Å². The number of carbonyl (C=O) groups excluding carboxylic acids is 2. The Bertz CT molecular complexity index is 498. The molecule has 1 aromatic carbocycles. The van der Waals surface area contributed by atoms with E-state index in [1.165, 1.54) is 18.2 Å². The summed E-state index contributed by atoms with van der Waals surface area (Å²) >= 11 is 0. The number of primary amides is 1. The fourth-order valence-electron chi connectivity index (χ4n) is 1.32. The standard InChI is InChI=1S/C11H12N2O5/c1-6-7(10(15)16)3-2-4-8(6)18-5-9(14)13-11(12)17/h2-4H,5H2,1H3,(H,15,16)(H3,12,13,14,17). The summed E-state index contributed by atoms with van der Waals surface area (Å²) in [5.74, 6) is -1.53. The second-order valence-electron chi connectivity index (χ2n) is 3.43. The van der Waals surface area contributed by atoms with Crippen LogP contribution in [0.5, 0.6) is 5.75 Å². The van der Waals surface area contributed by atoms with Gasteiger partial charge in [-0.05, 0) is 19.1 Å². The van der Waals surface area contributed by atoms with E-state index in [2.05, 4.69) is 0 Å². The lowest BCUT2D eigenvalue weighted by molar-refractivity contribution is -0.121. The van der Waals surface area contributed by atoms with Crippen LogP contribution in [0.4, 0.5) is 4.79 Å². The SMILES string of the molecule is Cc1c(OCC(=O)NC(N)=O)cccc1C(=O)O. The van der Waals surface area contributed by atoms with Crippen molar-refractivity contribution in [1.29, 1.82) is 0 Å². The van der Waals surface area contributed by atoms with Gasteiger partial charge in [-0.3, -0.25) is 10.1 Å². The monoisotopic (exact) mass is 252 g/mol. The number of rotatable bonds is 4. The molecule has 7 heteroatoms. The number of urea groups is 1. The minimum Gasteiger partial charge on any atom is -0.483 e. The highest BCUT2D eigenvalue weighted by Gasteiger charge is 2.12. The Morgan fingerprint density at radius 2 is 2.06 bits per heavy atom. The van der Waals surface area contributed by atoms with Gasteiger partial charge in [0.25, 0.3) is 5.91 Å². The number of ether oxygens (including phenoxy) is 1. The summed E-state index contributed by atoms with van der Waals surface area (Å²) in [6.45, 7) is 1.14. The van der Waals surface area contributed by atoms with E-state index in [-0.39, 0.29) is 11.3 Å². The molecule has 0 radical (unpaired) electrons. The number of hydrogen-bond acceptors (Lipinski definition) is 4. The number of benzene rings is 1. The normalized spacial score (nSPS) is 9.61. The van der Waals surface area contributed by atoms with Crippen LogP contribution in [-0.2, 0) is 4.79 Å². The van der Waals surface area contributed by atoms with Gasteiger partial charge >= 0.3 is 12.0 Å². The van der Waals surface area contributed by atoms with Gasteiger partial charge in [-0.2, -0.15) is 0 Å². The number of nitrogens with one attached hydrogen (secondary N) is 1. The van der Waals surface area contributed by atoms with E-state index in [0.29, 0.717) is 5.56 Å². The van der Waals surface area contributed by atoms with Crippen molar-refractivity contribution >= 4 is 17.9 Å². The molecule has 18 heavy (non-hydrogen) atoms. The van der Waals surface area contributed by atoms with E-state index in [1.54, 1.807) is 6.92 Å². The summed E-state index contributed by atoms with van der Waals surface area (Å²) in [5, 5.41) is 10.7. The van der Waals surface area contributed by atoms with Gasteiger partial charge < -0.3 is 15.6 Å². The van der Waals surface area contributed by atoms with Crippen molar-refractivity contribution in [3.05, 3.63) is 29.3 Å². The first-order valence-electron chi connectivity index (χ1n) is 4.97. The van der Waals surface area contributed by atoms with Gasteiger partial charge in [0.05, 0.1) is 5.56 Å². The number of imide groups is 1. The molecule has 0 aromatic heterocycles. The average Bonchev–Trinajstić information content (AvgIpc) is 2.26. The van der Waals surface area contributed by atoms with Crippen LogP contribution in [0.3, 0.4) is 0 Å². The first-order chi connectivity index (χ1) is 8.41.